The van der Waals surface area contributed by atoms with Crippen molar-refractivity contribution in [2.45, 2.75) is 12.5 Å². The fourth-order valence-corrected chi connectivity index (χ4v) is 2.53. The maximum atomic E-state index is 12.0. The number of rotatable bonds is 6. The Bertz CT molecular complexity index is 392. The van der Waals surface area contributed by atoms with Gasteiger partial charge in [-0.3, -0.25) is 4.79 Å². The van der Waals surface area contributed by atoms with Gasteiger partial charge >= 0.3 is 0 Å². The van der Waals surface area contributed by atoms with Crippen molar-refractivity contribution in [3.8, 4) is 0 Å². The van der Waals surface area contributed by atoms with Crippen molar-refractivity contribution in [1.29, 1.82) is 0 Å². The van der Waals surface area contributed by atoms with Gasteiger partial charge in [0.2, 0.25) is 0 Å². The third-order valence-electron chi connectivity index (χ3n) is 2.21. The fourth-order valence-electron chi connectivity index (χ4n) is 1.42. The highest BCUT2D eigenvalue weighted by molar-refractivity contribution is 7.98. The first kappa shape index (κ1) is 15.6. The molecule has 100 valence electrons. The number of carbonyl (C=O) groups is 1. The van der Waals surface area contributed by atoms with Gasteiger partial charge in [0.15, 0.2) is 0 Å². The zero-order valence-electron chi connectivity index (χ0n) is 9.82. The summed E-state index contributed by atoms with van der Waals surface area (Å²) in [4.78, 5) is 15.7. The lowest BCUT2D eigenvalue weighted by atomic mass is 10.2. The van der Waals surface area contributed by atoms with Crippen LogP contribution in [0.5, 0.6) is 0 Å². The largest absolute Gasteiger partial charge is 0.396 e. The van der Waals surface area contributed by atoms with Gasteiger partial charge in [-0.1, -0.05) is 23.2 Å². The molecule has 0 aliphatic carbocycles. The van der Waals surface area contributed by atoms with Crippen molar-refractivity contribution in [1.82, 2.24) is 10.3 Å². The summed E-state index contributed by atoms with van der Waals surface area (Å²) in [6.45, 7) is 0.0311. The molecule has 1 aromatic rings. The topological polar surface area (TPSA) is 62.2 Å². The number of hydrogen-bond donors (Lipinski definition) is 2. The monoisotopic (exact) mass is 308 g/mol. The molecule has 1 heterocycles. The van der Waals surface area contributed by atoms with Crippen LogP contribution in [-0.4, -0.2) is 40.7 Å². The van der Waals surface area contributed by atoms with E-state index >= 15 is 0 Å². The van der Waals surface area contributed by atoms with E-state index in [-0.39, 0.29) is 28.9 Å². The molecular weight excluding hydrogens is 295 g/mol. The number of nitrogens with one attached hydrogen (secondary N) is 1. The van der Waals surface area contributed by atoms with Crippen molar-refractivity contribution in [2.24, 2.45) is 0 Å². The highest BCUT2D eigenvalue weighted by Crippen LogP contribution is 2.15. The van der Waals surface area contributed by atoms with Gasteiger partial charge < -0.3 is 10.4 Å². The summed E-state index contributed by atoms with van der Waals surface area (Å²) in [5.41, 5.74) is 0.365. The van der Waals surface area contributed by atoms with Crippen LogP contribution in [0.25, 0.3) is 0 Å². The van der Waals surface area contributed by atoms with Crippen LogP contribution in [0.1, 0.15) is 16.8 Å². The summed E-state index contributed by atoms with van der Waals surface area (Å²) in [7, 11) is 0. The zero-order valence-corrected chi connectivity index (χ0v) is 12.1. The number of carbonyl (C=O) groups excluding carboxylic acids is 1. The van der Waals surface area contributed by atoms with Crippen LogP contribution in [0.2, 0.25) is 10.3 Å². The van der Waals surface area contributed by atoms with Gasteiger partial charge in [0.25, 0.3) is 5.91 Å². The third-order valence-corrected chi connectivity index (χ3v) is 3.33. The summed E-state index contributed by atoms with van der Waals surface area (Å²) >= 11 is 13.1. The fraction of sp³-hybridized carbons (Fsp3) is 0.455. The van der Waals surface area contributed by atoms with Crippen molar-refractivity contribution >= 4 is 40.9 Å². The average molecular weight is 309 g/mol. The lowest BCUT2D eigenvalue weighted by Gasteiger charge is -2.16. The van der Waals surface area contributed by atoms with Gasteiger partial charge in [-0.2, -0.15) is 11.8 Å². The molecule has 18 heavy (non-hydrogen) atoms. The molecule has 0 spiro atoms. The minimum Gasteiger partial charge on any atom is -0.396 e. The van der Waals surface area contributed by atoms with Crippen LogP contribution in [0.4, 0.5) is 0 Å². The van der Waals surface area contributed by atoms with Crippen molar-refractivity contribution in [3.05, 3.63) is 28.0 Å². The van der Waals surface area contributed by atoms with Crippen molar-refractivity contribution in [3.63, 3.8) is 0 Å². The molecule has 0 fully saturated rings. The Hall–Kier alpha value is -0.490. The molecule has 1 rings (SSSR count). The number of aliphatic hydroxyl groups is 1. The molecule has 1 atom stereocenters. The maximum absolute atomic E-state index is 12.0. The van der Waals surface area contributed by atoms with E-state index in [4.69, 9.17) is 28.3 Å². The molecule has 1 aromatic heterocycles. The first-order valence-corrected chi connectivity index (χ1v) is 7.45. The van der Waals surface area contributed by atoms with Crippen LogP contribution in [0.3, 0.4) is 0 Å². The molecule has 7 heteroatoms. The maximum Gasteiger partial charge on any atom is 0.251 e. The Balaban J connectivity index is 2.73. The molecule has 0 saturated carbocycles. The number of thioether (sulfide) groups is 1. The van der Waals surface area contributed by atoms with E-state index in [1.54, 1.807) is 11.8 Å². The highest BCUT2D eigenvalue weighted by atomic mass is 35.5. The second-order valence-corrected chi connectivity index (χ2v) is 5.32. The smallest absolute Gasteiger partial charge is 0.251 e. The summed E-state index contributed by atoms with van der Waals surface area (Å²) in [6.07, 6.45) is 2.45. The van der Waals surface area contributed by atoms with Crippen LogP contribution >= 0.6 is 35.0 Å². The number of halogens is 2. The summed E-state index contributed by atoms with van der Waals surface area (Å²) in [6, 6.07) is 2.83. The normalized spacial score (nSPS) is 12.2. The molecule has 0 aliphatic heterocycles. The van der Waals surface area contributed by atoms with Gasteiger partial charge in [0.05, 0.1) is 0 Å². The first-order valence-electron chi connectivity index (χ1n) is 5.30. The Morgan fingerprint density at radius 2 is 2.11 bits per heavy atom. The molecule has 4 nitrogen and oxygen atoms in total. The van der Waals surface area contributed by atoms with Crippen molar-refractivity contribution < 1.29 is 9.90 Å². The highest BCUT2D eigenvalue weighted by Gasteiger charge is 2.14. The minimum absolute atomic E-state index is 0.0311. The lowest BCUT2D eigenvalue weighted by Crippen LogP contribution is -2.37. The molecule has 0 aromatic carbocycles. The Labute approximate surface area is 120 Å². The Kier molecular flexibility index (Phi) is 6.78. The minimum atomic E-state index is -0.270. The Morgan fingerprint density at radius 3 is 2.61 bits per heavy atom. The quantitative estimate of drug-likeness (QED) is 0.791. The molecular formula is C11H14Cl2N2O2S. The summed E-state index contributed by atoms with van der Waals surface area (Å²) in [5, 5.41) is 12.1. The molecule has 1 unspecified atom stereocenters. The van der Waals surface area contributed by atoms with Crippen molar-refractivity contribution in [2.75, 3.05) is 18.6 Å². The second-order valence-electron chi connectivity index (χ2n) is 3.64. The molecule has 2 N–H and O–H groups in total. The van der Waals surface area contributed by atoms with E-state index in [0.29, 0.717) is 12.0 Å². The van der Waals surface area contributed by atoms with Crippen LogP contribution in [0, 0.1) is 0 Å². The van der Waals surface area contributed by atoms with E-state index in [0.717, 1.165) is 5.75 Å². The van der Waals surface area contributed by atoms with E-state index in [2.05, 4.69) is 10.3 Å². The number of nitrogens with zero attached hydrogens (tertiary/aromatic N) is 1. The van der Waals surface area contributed by atoms with E-state index in [1.807, 2.05) is 6.26 Å². The number of amides is 1. The standard InChI is InChI=1S/C11H14Cl2N2O2S/c1-18-6-8(2-3-16)14-11(17)7-4-9(12)15-10(13)5-7/h4-5,8,16H,2-3,6H2,1H3,(H,14,17). The first-order chi connectivity index (χ1) is 8.56. The van der Waals surface area contributed by atoms with E-state index in [1.165, 1.54) is 12.1 Å². The predicted octanol–water partition coefficient (Wildman–Crippen LogP) is 2.23. The van der Waals surface area contributed by atoms with Gasteiger partial charge in [-0.15, -0.1) is 0 Å². The van der Waals surface area contributed by atoms with Crippen LogP contribution < -0.4 is 5.32 Å². The van der Waals surface area contributed by atoms with Crippen LogP contribution in [-0.2, 0) is 0 Å². The number of aliphatic hydroxyl groups excluding tert-OH is 1. The van der Waals surface area contributed by atoms with Gasteiger partial charge in [-0.05, 0) is 24.8 Å². The Morgan fingerprint density at radius 1 is 1.50 bits per heavy atom. The van der Waals surface area contributed by atoms with Gasteiger partial charge in [0.1, 0.15) is 10.3 Å². The second kappa shape index (κ2) is 7.84. The molecule has 1 amide bonds. The SMILES string of the molecule is CSCC(CCO)NC(=O)c1cc(Cl)nc(Cl)c1. The van der Waals surface area contributed by atoms with Gasteiger partial charge in [-0.25, -0.2) is 4.98 Å². The third kappa shape index (κ3) is 5.02. The average Bonchev–Trinajstić information content (AvgIpc) is 2.28. The summed E-state index contributed by atoms with van der Waals surface area (Å²) in [5.74, 6) is 0.465. The molecule has 0 radical (unpaired) electrons. The predicted molar refractivity (Wildman–Crippen MR) is 75.6 cm³/mol. The summed E-state index contributed by atoms with van der Waals surface area (Å²) < 4.78 is 0. The number of aromatic nitrogens is 1. The molecule has 0 aliphatic rings. The zero-order chi connectivity index (χ0) is 13.5. The van der Waals surface area contributed by atoms with Crippen LogP contribution in [0.15, 0.2) is 12.1 Å². The van der Waals surface area contributed by atoms with E-state index < -0.39 is 0 Å². The number of pyridine rings is 1. The molecule has 0 saturated heterocycles. The lowest BCUT2D eigenvalue weighted by molar-refractivity contribution is 0.0935. The number of hydrogen-bond acceptors (Lipinski definition) is 4. The van der Waals surface area contributed by atoms with E-state index in [9.17, 15) is 4.79 Å². The molecule has 0 bridgehead atoms. The van der Waals surface area contributed by atoms with Gasteiger partial charge in [0, 0.05) is 24.0 Å².